The van der Waals surface area contributed by atoms with E-state index in [0.29, 0.717) is 35.4 Å². The van der Waals surface area contributed by atoms with Gasteiger partial charge in [-0.25, -0.2) is 0 Å². The number of ether oxygens (including phenoxy) is 1. The molecule has 0 bridgehead atoms. The fourth-order valence-corrected chi connectivity index (χ4v) is 3.56. The maximum absolute atomic E-state index is 5.94. The summed E-state index contributed by atoms with van der Waals surface area (Å²) in [5.74, 6) is 1.88. The van der Waals surface area contributed by atoms with Crippen LogP contribution in [-0.2, 0) is 0 Å². The Morgan fingerprint density at radius 3 is 2.86 bits per heavy atom. The minimum absolute atomic E-state index is 0.460. The first-order chi connectivity index (χ1) is 10.1. The molecule has 0 radical (unpaired) electrons. The molecule has 0 spiro atoms. The highest BCUT2D eigenvalue weighted by molar-refractivity contribution is 7.99. The van der Waals surface area contributed by atoms with Crippen molar-refractivity contribution in [2.24, 2.45) is 5.92 Å². The predicted octanol–water partition coefficient (Wildman–Crippen LogP) is 3.78. The lowest BCUT2D eigenvalue weighted by Gasteiger charge is -2.31. The number of nitrogens with one attached hydrogen (secondary N) is 1. The van der Waals surface area contributed by atoms with Crippen LogP contribution in [0.25, 0.3) is 0 Å². The molecular weight excluding hydrogens is 282 g/mol. The number of nitrogens with two attached hydrogens (primary N) is 1. The number of aromatic nitrogens is 1. The van der Waals surface area contributed by atoms with E-state index < -0.39 is 0 Å². The number of rotatable bonds is 6. The van der Waals surface area contributed by atoms with E-state index in [1.54, 1.807) is 0 Å². The summed E-state index contributed by atoms with van der Waals surface area (Å²) in [6.45, 7) is 4.87. The molecule has 118 valence electrons. The lowest BCUT2D eigenvalue weighted by Crippen LogP contribution is -2.34. The van der Waals surface area contributed by atoms with E-state index in [0.717, 1.165) is 5.82 Å². The van der Waals surface area contributed by atoms with Gasteiger partial charge in [-0.3, -0.25) is 0 Å². The first-order valence-electron chi connectivity index (χ1n) is 7.78. The third kappa shape index (κ3) is 4.70. The van der Waals surface area contributed by atoms with Crippen molar-refractivity contribution in [2.45, 2.75) is 50.8 Å². The SMILES string of the molecule is CSC1CCCCC1Nc1ccc(N)c(OCC(C)C)n1. The maximum Gasteiger partial charge on any atom is 0.239 e. The van der Waals surface area contributed by atoms with Gasteiger partial charge in [0.25, 0.3) is 0 Å². The van der Waals surface area contributed by atoms with Crippen LogP contribution in [0.1, 0.15) is 39.5 Å². The van der Waals surface area contributed by atoms with E-state index in [9.17, 15) is 0 Å². The van der Waals surface area contributed by atoms with E-state index in [-0.39, 0.29) is 0 Å². The number of hydrogen-bond donors (Lipinski definition) is 2. The molecule has 0 aliphatic heterocycles. The normalized spacial score (nSPS) is 22.3. The van der Waals surface area contributed by atoms with Gasteiger partial charge in [0, 0.05) is 11.3 Å². The molecule has 1 aromatic heterocycles. The summed E-state index contributed by atoms with van der Waals surface area (Å²) in [6.07, 6.45) is 7.31. The van der Waals surface area contributed by atoms with Crippen molar-refractivity contribution in [3.8, 4) is 5.88 Å². The van der Waals surface area contributed by atoms with E-state index in [2.05, 4.69) is 30.4 Å². The van der Waals surface area contributed by atoms with Gasteiger partial charge in [-0.05, 0) is 37.1 Å². The minimum atomic E-state index is 0.460. The molecule has 5 heteroatoms. The third-order valence-corrected chi connectivity index (χ3v) is 4.95. The number of hydrogen-bond acceptors (Lipinski definition) is 5. The number of thioether (sulfide) groups is 1. The van der Waals surface area contributed by atoms with Crippen LogP contribution < -0.4 is 15.8 Å². The fraction of sp³-hybridized carbons (Fsp3) is 0.688. The van der Waals surface area contributed by atoms with Crippen LogP contribution in [0.5, 0.6) is 5.88 Å². The van der Waals surface area contributed by atoms with Gasteiger partial charge in [0.05, 0.1) is 12.3 Å². The molecule has 0 amide bonds. The molecule has 0 aromatic carbocycles. The molecular formula is C16H27N3OS. The van der Waals surface area contributed by atoms with Gasteiger partial charge in [0.2, 0.25) is 5.88 Å². The van der Waals surface area contributed by atoms with Crippen LogP contribution in [0, 0.1) is 5.92 Å². The van der Waals surface area contributed by atoms with Gasteiger partial charge in [-0.2, -0.15) is 16.7 Å². The molecule has 2 unspecified atom stereocenters. The Morgan fingerprint density at radius 2 is 2.14 bits per heavy atom. The molecule has 2 atom stereocenters. The Hall–Kier alpha value is -1.10. The molecule has 3 N–H and O–H groups in total. The molecule has 2 rings (SSSR count). The molecule has 1 heterocycles. The molecule has 1 saturated carbocycles. The molecule has 1 aliphatic rings. The second kappa shape index (κ2) is 7.78. The highest BCUT2D eigenvalue weighted by Gasteiger charge is 2.24. The Morgan fingerprint density at radius 1 is 1.38 bits per heavy atom. The zero-order valence-electron chi connectivity index (χ0n) is 13.3. The van der Waals surface area contributed by atoms with E-state index in [1.807, 2.05) is 23.9 Å². The van der Waals surface area contributed by atoms with Crippen molar-refractivity contribution < 1.29 is 4.74 Å². The van der Waals surface area contributed by atoms with Gasteiger partial charge in [-0.15, -0.1) is 0 Å². The smallest absolute Gasteiger partial charge is 0.239 e. The monoisotopic (exact) mass is 309 g/mol. The Labute approximate surface area is 132 Å². The number of nitrogen functional groups attached to an aromatic ring is 1. The molecule has 1 fully saturated rings. The van der Waals surface area contributed by atoms with Crippen molar-refractivity contribution in [2.75, 3.05) is 23.9 Å². The van der Waals surface area contributed by atoms with Gasteiger partial charge in [0.1, 0.15) is 5.82 Å². The van der Waals surface area contributed by atoms with Crippen molar-refractivity contribution in [3.05, 3.63) is 12.1 Å². The standard InChI is InChI=1S/C16H27N3OS/c1-11(2)10-20-16-12(17)8-9-15(19-16)18-13-6-4-5-7-14(13)21-3/h8-9,11,13-14H,4-7,10,17H2,1-3H3,(H,18,19). The number of anilines is 2. The average molecular weight is 309 g/mol. The summed E-state index contributed by atoms with van der Waals surface area (Å²) in [4.78, 5) is 4.54. The number of nitrogens with zero attached hydrogens (tertiary/aromatic N) is 1. The van der Waals surface area contributed by atoms with Crippen LogP contribution in [0.3, 0.4) is 0 Å². The van der Waals surface area contributed by atoms with Crippen LogP contribution in [0.15, 0.2) is 12.1 Å². The second-order valence-corrected chi connectivity index (χ2v) is 7.18. The zero-order chi connectivity index (χ0) is 15.2. The first-order valence-corrected chi connectivity index (χ1v) is 9.07. The lowest BCUT2D eigenvalue weighted by molar-refractivity contribution is 0.263. The van der Waals surface area contributed by atoms with Crippen molar-refractivity contribution in [1.82, 2.24) is 4.98 Å². The lowest BCUT2D eigenvalue weighted by atomic mass is 9.95. The summed E-state index contributed by atoms with van der Waals surface area (Å²) < 4.78 is 5.70. The molecule has 0 saturated heterocycles. The largest absolute Gasteiger partial charge is 0.476 e. The van der Waals surface area contributed by atoms with E-state index in [4.69, 9.17) is 10.5 Å². The maximum atomic E-state index is 5.94. The zero-order valence-corrected chi connectivity index (χ0v) is 14.1. The van der Waals surface area contributed by atoms with Gasteiger partial charge < -0.3 is 15.8 Å². The van der Waals surface area contributed by atoms with Crippen molar-refractivity contribution >= 4 is 23.3 Å². The quantitative estimate of drug-likeness (QED) is 0.837. The Bertz CT molecular complexity index is 453. The Kier molecular flexibility index (Phi) is 6.03. The summed E-state index contributed by atoms with van der Waals surface area (Å²) in [7, 11) is 0. The minimum Gasteiger partial charge on any atom is -0.476 e. The summed E-state index contributed by atoms with van der Waals surface area (Å²) in [6, 6.07) is 4.31. The molecule has 1 aromatic rings. The first kappa shape index (κ1) is 16.3. The third-order valence-electron chi connectivity index (χ3n) is 3.78. The molecule has 1 aliphatic carbocycles. The van der Waals surface area contributed by atoms with Gasteiger partial charge in [-0.1, -0.05) is 26.7 Å². The van der Waals surface area contributed by atoms with Gasteiger partial charge >= 0.3 is 0 Å². The fourth-order valence-electron chi connectivity index (χ4n) is 2.63. The van der Waals surface area contributed by atoms with E-state index in [1.165, 1.54) is 25.7 Å². The summed E-state index contributed by atoms with van der Waals surface area (Å²) in [5.41, 5.74) is 6.55. The number of pyridine rings is 1. The van der Waals surface area contributed by atoms with Crippen LogP contribution >= 0.6 is 11.8 Å². The molecule has 21 heavy (non-hydrogen) atoms. The van der Waals surface area contributed by atoms with Crippen LogP contribution in [-0.4, -0.2) is 29.1 Å². The van der Waals surface area contributed by atoms with Crippen molar-refractivity contribution in [1.29, 1.82) is 0 Å². The average Bonchev–Trinajstić information content (AvgIpc) is 2.48. The Balaban J connectivity index is 2.03. The topological polar surface area (TPSA) is 60.2 Å². The summed E-state index contributed by atoms with van der Waals surface area (Å²) >= 11 is 1.95. The van der Waals surface area contributed by atoms with E-state index >= 15 is 0 Å². The highest BCUT2D eigenvalue weighted by Crippen LogP contribution is 2.30. The predicted molar refractivity (Wildman–Crippen MR) is 92.2 cm³/mol. The van der Waals surface area contributed by atoms with Gasteiger partial charge in [0.15, 0.2) is 0 Å². The van der Waals surface area contributed by atoms with Crippen LogP contribution in [0.2, 0.25) is 0 Å². The van der Waals surface area contributed by atoms with Crippen molar-refractivity contribution in [3.63, 3.8) is 0 Å². The van der Waals surface area contributed by atoms with Crippen LogP contribution in [0.4, 0.5) is 11.5 Å². The highest BCUT2D eigenvalue weighted by atomic mass is 32.2. The second-order valence-electron chi connectivity index (χ2n) is 6.11. The summed E-state index contributed by atoms with van der Waals surface area (Å²) in [5, 5.41) is 4.23. The molecule has 4 nitrogen and oxygen atoms in total.